The number of likely N-dealkylation sites (tertiary alicyclic amines) is 1. The summed E-state index contributed by atoms with van der Waals surface area (Å²) in [4.78, 5) is 12.8. The Morgan fingerprint density at radius 1 is 1.75 bits per heavy atom. The highest BCUT2D eigenvalue weighted by Crippen LogP contribution is 2.21. The zero-order chi connectivity index (χ0) is 8.97. The summed E-state index contributed by atoms with van der Waals surface area (Å²) < 4.78 is 0. The molecule has 1 heterocycles. The molecule has 1 rings (SSSR count). The van der Waals surface area contributed by atoms with Crippen LogP contribution in [0.15, 0.2) is 12.2 Å². The second-order valence-corrected chi connectivity index (χ2v) is 3.40. The molecule has 1 atom stereocenters. The molecule has 1 fully saturated rings. The summed E-state index contributed by atoms with van der Waals surface area (Å²) in [6, 6.07) is 0.577. The van der Waals surface area contributed by atoms with E-state index in [4.69, 9.17) is 0 Å². The summed E-state index contributed by atoms with van der Waals surface area (Å²) in [5, 5.41) is 0. The van der Waals surface area contributed by atoms with Gasteiger partial charge in [-0.15, -0.1) is 0 Å². The van der Waals surface area contributed by atoms with Gasteiger partial charge >= 0.3 is 0 Å². The van der Waals surface area contributed by atoms with Crippen molar-refractivity contribution in [1.29, 1.82) is 0 Å². The first kappa shape index (κ1) is 9.46. The Kier molecular flexibility index (Phi) is 3.48. The molecule has 0 spiro atoms. The Bertz CT molecular complexity index is 177. The van der Waals surface area contributed by atoms with Crippen LogP contribution in [0.2, 0.25) is 0 Å². The Morgan fingerprint density at radius 2 is 2.50 bits per heavy atom. The lowest BCUT2D eigenvalue weighted by molar-refractivity contribution is -0.105. The monoisotopic (exact) mass is 167 g/mol. The van der Waals surface area contributed by atoms with Gasteiger partial charge in [0.1, 0.15) is 6.29 Å². The van der Waals surface area contributed by atoms with E-state index >= 15 is 0 Å². The molecule has 0 saturated carbocycles. The maximum atomic E-state index is 10.4. The van der Waals surface area contributed by atoms with E-state index in [0.717, 1.165) is 24.8 Å². The van der Waals surface area contributed by atoms with Crippen molar-refractivity contribution in [3.8, 4) is 0 Å². The molecule has 12 heavy (non-hydrogen) atoms. The summed E-state index contributed by atoms with van der Waals surface area (Å²) in [7, 11) is 0. The van der Waals surface area contributed by atoms with Gasteiger partial charge in [0.2, 0.25) is 0 Å². The molecule has 68 valence electrons. The van der Waals surface area contributed by atoms with E-state index in [0.29, 0.717) is 6.04 Å². The van der Waals surface area contributed by atoms with E-state index in [2.05, 4.69) is 18.4 Å². The van der Waals surface area contributed by atoms with Gasteiger partial charge in [-0.05, 0) is 37.9 Å². The van der Waals surface area contributed by atoms with Gasteiger partial charge in [-0.3, -0.25) is 4.79 Å². The van der Waals surface area contributed by atoms with Gasteiger partial charge < -0.3 is 4.90 Å². The van der Waals surface area contributed by atoms with Crippen molar-refractivity contribution >= 4 is 6.29 Å². The smallest absolute Gasteiger partial charge is 0.145 e. The topological polar surface area (TPSA) is 20.3 Å². The van der Waals surface area contributed by atoms with E-state index in [1.165, 1.54) is 19.4 Å². The number of carbonyl (C=O) groups is 1. The number of carbonyl (C=O) groups excluding carboxylic acids is 1. The molecule has 1 aliphatic heterocycles. The number of rotatable bonds is 4. The minimum Gasteiger partial charge on any atom is -0.300 e. The number of hydrogen-bond acceptors (Lipinski definition) is 2. The van der Waals surface area contributed by atoms with Crippen molar-refractivity contribution in [3.05, 3.63) is 12.2 Å². The zero-order valence-corrected chi connectivity index (χ0v) is 7.75. The molecule has 0 radical (unpaired) electrons. The highest BCUT2D eigenvalue weighted by Gasteiger charge is 2.22. The standard InChI is InChI=1S/C10H17NO/c1-3-11-6-4-5-10(11)7-9(2)8-12/h8,10H,2-7H2,1H3. The fraction of sp³-hybridized carbons (Fsp3) is 0.700. The van der Waals surface area contributed by atoms with Gasteiger partial charge in [-0.1, -0.05) is 13.5 Å². The highest BCUT2D eigenvalue weighted by molar-refractivity contribution is 5.72. The minimum atomic E-state index is 0.577. The minimum absolute atomic E-state index is 0.577. The molecule has 0 amide bonds. The largest absolute Gasteiger partial charge is 0.300 e. The zero-order valence-electron chi connectivity index (χ0n) is 7.75. The Balaban J connectivity index is 2.40. The van der Waals surface area contributed by atoms with Crippen molar-refractivity contribution in [1.82, 2.24) is 4.90 Å². The molecule has 0 aromatic carbocycles. The molecule has 0 aliphatic carbocycles. The number of hydrogen-bond donors (Lipinski definition) is 0. The SMILES string of the molecule is C=C(C=O)CC1CCCN1CC. The van der Waals surface area contributed by atoms with Gasteiger partial charge in [0, 0.05) is 6.04 Å². The van der Waals surface area contributed by atoms with Crippen LogP contribution in [0.1, 0.15) is 26.2 Å². The predicted molar refractivity (Wildman–Crippen MR) is 50.1 cm³/mol. The number of aldehydes is 1. The van der Waals surface area contributed by atoms with Crippen LogP contribution in [0.3, 0.4) is 0 Å². The van der Waals surface area contributed by atoms with Crippen molar-refractivity contribution < 1.29 is 4.79 Å². The van der Waals surface area contributed by atoms with Crippen LogP contribution in [0.4, 0.5) is 0 Å². The van der Waals surface area contributed by atoms with E-state index in [1.54, 1.807) is 0 Å². The fourth-order valence-electron chi connectivity index (χ4n) is 1.89. The van der Waals surface area contributed by atoms with Gasteiger partial charge in [-0.25, -0.2) is 0 Å². The number of nitrogens with zero attached hydrogens (tertiary/aromatic N) is 1. The van der Waals surface area contributed by atoms with E-state index in [9.17, 15) is 4.79 Å². The lowest BCUT2D eigenvalue weighted by Gasteiger charge is -2.22. The lowest BCUT2D eigenvalue weighted by Crippen LogP contribution is -2.29. The van der Waals surface area contributed by atoms with E-state index < -0.39 is 0 Å². The molecule has 0 bridgehead atoms. The molecular weight excluding hydrogens is 150 g/mol. The van der Waals surface area contributed by atoms with Gasteiger partial charge in [0.25, 0.3) is 0 Å². The van der Waals surface area contributed by atoms with Crippen molar-refractivity contribution in [2.45, 2.75) is 32.2 Å². The predicted octanol–water partition coefficient (Wildman–Crippen LogP) is 1.62. The molecule has 2 nitrogen and oxygen atoms in total. The normalized spacial score (nSPS) is 24.2. The van der Waals surface area contributed by atoms with Crippen LogP contribution in [-0.4, -0.2) is 30.3 Å². The van der Waals surface area contributed by atoms with Crippen LogP contribution < -0.4 is 0 Å². The molecule has 2 heteroatoms. The summed E-state index contributed by atoms with van der Waals surface area (Å²) >= 11 is 0. The summed E-state index contributed by atoms with van der Waals surface area (Å²) in [5.74, 6) is 0. The highest BCUT2D eigenvalue weighted by atomic mass is 16.1. The van der Waals surface area contributed by atoms with Gasteiger partial charge in [-0.2, -0.15) is 0 Å². The third-order valence-electron chi connectivity index (χ3n) is 2.57. The van der Waals surface area contributed by atoms with E-state index in [1.807, 2.05) is 0 Å². The molecule has 1 unspecified atom stereocenters. The van der Waals surface area contributed by atoms with Crippen LogP contribution >= 0.6 is 0 Å². The maximum Gasteiger partial charge on any atom is 0.145 e. The lowest BCUT2D eigenvalue weighted by atomic mass is 10.1. The average molecular weight is 167 g/mol. The third kappa shape index (κ3) is 2.18. The first-order valence-corrected chi connectivity index (χ1v) is 4.65. The maximum absolute atomic E-state index is 10.4. The van der Waals surface area contributed by atoms with Crippen LogP contribution in [-0.2, 0) is 4.79 Å². The molecule has 0 aromatic rings. The summed E-state index contributed by atoms with van der Waals surface area (Å²) in [6.07, 6.45) is 4.23. The van der Waals surface area contributed by atoms with E-state index in [-0.39, 0.29) is 0 Å². The third-order valence-corrected chi connectivity index (χ3v) is 2.57. The quantitative estimate of drug-likeness (QED) is 0.468. The second-order valence-electron chi connectivity index (χ2n) is 3.40. The molecular formula is C10H17NO. The Hall–Kier alpha value is -0.630. The molecule has 0 N–H and O–H groups in total. The van der Waals surface area contributed by atoms with Crippen LogP contribution in [0.5, 0.6) is 0 Å². The summed E-state index contributed by atoms with van der Waals surface area (Å²) in [5.41, 5.74) is 0.736. The average Bonchev–Trinajstić information content (AvgIpc) is 2.51. The first-order chi connectivity index (χ1) is 5.77. The first-order valence-electron chi connectivity index (χ1n) is 4.65. The molecule has 1 saturated heterocycles. The van der Waals surface area contributed by atoms with Gasteiger partial charge in [0.15, 0.2) is 0 Å². The molecule has 0 aromatic heterocycles. The fourth-order valence-corrected chi connectivity index (χ4v) is 1.89. The molecule has 1 aliphatic rings. The van der Waals surface area contributed by atoms with Crippen molar-refractivity contribution in [2.24, 2.45) is 0 Å². The van der Waals surface area contributed by atoms with Crippen molar-refractivity contribution in [3.63, 3.8) is 0 Å². The van der Waals surface area contributed by atoms with Crippen LogP contribution in [0.25, 0.3) is 0 Å². The van der Waals surface area contributed by atoms with Crippen LogP contribution in [0, 0.1) is 0 Å². The Labute approximate surface area is 74.2 Å². The second kappa shape index (κ2) is 4.41. The summed E-state index contributed by atoms with van der Waals surface area (Å²) in [6.45, 7) is 8.16. The Morgan fingerprint density at radius 3 is 3.08 bits per heavy atom. The van der Waals surface area contributed by atoms with Gasteiger partial charge in [0.05, 0.1) is 0 Å². The van der Waals surface area contributed by atoms with Crippen molar-refractivity contribution in [2.75, 3.05) is 13.1 Å².